The zero-order valence-corrected chi connectivity index (χ0v) is 8.27. The topological polar surface area (TPSA) is 75.9 Å². The van der Waals surface area contributed by atoms with Crippen molar-refractivity contribution in [2.45, 2.75) is 6.92 Å². The van der Waals surface area contributed by atoms with E-state index in [-0.39, 0.29) is 4.62 Å². The number of aryl methyl sites for hydroxylation is 1. The second-order valence-electron chi connectivity index (χ2n) is 2.61. The molecule has 0 amide bonds. The number of halogens is 1. The maximum Gasteiger partial charge on any atom is 0.106 e. The van der Waals surface area contributed by atoms with Crippen LogP contribution in [0.15, 0.2) is 12.1 Å². The third-order valence-electron chi connectivity index (χ3n) is 1.67. The van der Waals surface area contributed by atoms with Gasteiger partial charge in [-0.15, -0.1) is 0 Å². The van der Waals surface area contributed by atoms with E-state index in [0.29, 0.717) is 16.9 Å². The van der Waals surface area contributed by atoms with Gasteiger partial charge in [0.1, 0.15) is 4.62 Å². The molecule has 1 aromatic rings. The normalized spacial score (nSPS) is 9.83. The van der Waals surface area contributed by atoms with Crippen LogP contribution < -0.4 is 11.5 Å². The zero-order chi connectivity index (χ0) is 9.30. The molecule has 4 heteroatoms. The summed E-state index contributed by atoms with van der Waals surface area (Å²) < 4.78 is 0.256. The van der Waals surface area contributed by atoms with Gasteiger partial charge in [0, 0.05) is 16.9 Å². The van der Waals surface area contributed by atoms with E-state index < -0.39 is 0 Å². The molecule has 0 heterocycles. The lowest BCUT2D eigenvalue weighted by molar-refractivity contribution is 1.45. The summed E-state index contributed by atoms with van der Waals surface area (Å²) in [4.78, 5) is 0. The monoisotopic (exact) mass is 227 g/mol. The van der Waals surface area contributed by atoms with E-state index in [4.69, 9.17) is 16.9 Å². The van der Waals surface area contributed by atoms with E-state index in [1.165, 1.54) is 0 Å². The molecule has 0 spiro atoms. The third-order valence-corrected chi connectivity index (χ3v) is 2.10. The molecule has 12 heavy (non-hydrogen) atoms. The molecule has 64 valence electrons. The first kappa shape index (κ1) is 9.06. The number of hydrogen-bond acceptors (Lipinski definition) is 3. The molecule has 0 aromatic heterocycles. The molecule has 0 fully saturated rings. The van der Waals surface area contributed by atoms with Crippen molar-refractivity contribution in [3.63, 3.8) is 0 Å². The van der Waals surface area contributed by atoms with Gasteiger partial charge >= 0.3 is 0 Å². The molecule has 1 aromatic carbocycles. The Bertz CT molecular complexity index is 333. The van der Waals surface area contributed by atoms with Gasteiger partial charge < -0.3 is 11.5 Å². The molecule has 0 aliphatic rings. The van der Waals surface area contributed by atoms with Crippen LogP contribution >= 0.6 is 15.9 Å². The number of rotatable bonds is 1. The van der Waals surface area contributed by atoms with Gasteiger partial charge in [0.15, 0.2) is 0 Å². The van der Waals surface area contributed by atoms with Crippen LogP contribution in [-0.4, -0.2) is 4.62 Å². The Morgan fingerprint density at radius 1 is 1.33 bits per heavy atom. The zero-order valence-electron chi connectivity index (χ0n) is 6.69. The van der Waals surface area contributed by atoms with Crippen LogP contribution in [0.4, 0.5) is 11.4 Å². The molecule has 0 saturated heterocycles. The van der Waals surface area contributed by atoms with E-state index in [1.807, 2.05) is 6.92 Å². The molecular weight excluding hydrogens is 218 g/mol. The standard InChI is InChI=1S/C8H10BrN3/c1-4-2-7(11)5(8(9)12)3-6(4)10/h2-3,12H,10-11H2,1H3. The van der Waals surface area contributed by atoms with Crippen molar-refractivity contribution in [2.75, 3.05) is 11.5 Å². The summed E-state index contributed by atoms with van der Waals surface area (Å²) in [6.45, 7) is 1.88. The van der Waals surface area contributed by atoms with Crippen LogP contribution in [0, 0.1) is 12.3 Å². The Morgan fingerprint density at radius 3 is 2.42 bits per heavy atom. The quantitative estimate of drug-likeness (QED) is 0.507. The molecule has 0 bridgehead atoms. The first-order chi connectivity index (χ1) is 5.52. The Morgan fingerprint density at radius 2 is 1.92 bits per heavy atom. The van der Waals surface area contributed by atoms with E-state index >= 15 is 0 Å². The van der Waals surface area contributed by atoms with Gasteiger partial charge in [-0.05, 0) is 40.5 Å². The number of nitrogens with two attached hydrogens (primary N) is 2. The summed E-state index contributed by atoms with van der Waals surface area (Å²) >= 11 is 3.04. The second-order valence-corrected chi connectivity index (χ2v) is 3.40. The van der Waals surface area contributed by atoms with Gasteiger partial charge in [-0.2, -0.15) is 0 Å². The minimum atomic E-state index is 0.256. The number of nitrogens with one attached hydrogen (secondary N) is 1. The fraction of sp³-hybridized carbons (Fsp3) is 0.125. The lowest BCUT2D eigenvalue weighted by Crippen LogP contribution is -2.00. The van der Waals surface area contributed by atoms with E-state index in [1.54, 1.807) is 12.1 Å². The molecule has 0 saturated carbocycles. The van der Waals surface area contributed by atoms with Gasteiger partial charge in [-0.1, -0.05) is 0 Å². The smallest absolute Gasteiger partial charge is 0.106 e. The largest absolute Gasteiger partial charge is 0.398 e. The van der Waals surface area contributed by atoms with Crippen LogP contribution in [0.2, 0.25) is 0 Å². The number of hydrogen-bond donors (Lipinski definition) is 3. The molecule has 0 unspecified atom stereocenters. The molecule has 5 N–H and O–H groups in total. The van der Waals surface area contributed by atoms with Crippen LogP contribution in [-0.2, 0) is 0 Å². The van der Waals surface area contributed by atoms with Gasteiger partial charge in [0.25, 0.3) is 0 Å². The summed E-state index contributed by atoms with van der Waals surface area (Å²) in [6.07, 6.45) is 0. The molecule has 0 aliphatic carbocycles. The highest BCUT2D eigenvalue weighted by Crippen LogP contribution is 2.21. The van der Waals surface area contributed by atoms with Crippen molar-refractivity contribution < 1.29 is 0 Å². The highest BCUT2D eigenvalue weighted by molar-refractivity contribution is 9.18. The molecule has 3 nitrogen and oxygen atoms in total. The van der Waals surface area contributed by atoms with Gasteiger partial charge in [-0.3, -0.25) is 5.41 Å². The second kappa shape index (κ2) is 3.15. The maximum atomic E-state index is 7.32. The average molecular weight is 228 g/mol. The van der Waals surface area contributed by atoms with Crippen molar-refractivity contribution in [1.29, 1.82) is 5.41 Å². The molecule has 0 aliphatic heterocycles. The van der Waals surface area contributed by atoms with E-state index in [0.717, 1.165) is 5.56 Å². The van der Waals surface area contributed by atoms with Crippen molar-refractivity contribution in [3.05, 3.63) is 23.3 Å². The van der Waals surface area contributed by atoms with Crippen molar-refractivity contribution >= 4 is 31.9 Å². The first-order valence-corrected chi connectivity index (χ1v) is 4.21. The minimum absolute atomic E-state index is 0.256. The van der Waals surface area contributed by atoms with Crippen molar-refractivity contribution in [2.24, 2.45) is 0 Å². The van der Waals surface area contributed by atoms with Crippen LogP contribution in [0.5, 0.6) is 0 Å². The lowest BCUT2D eigenvalue weighted by atomic mass is 10.1. The molecule has 0 atom stereocenters. The summed E-state index contributed by atoms with van der Waals surface area (Å²) in [5.74, 6) is 0. The predicted octanol–water partition coefficient (Wildman–Crippen LogP) is 1.88. The van der Waals surface area contributed by atoms with Crippen molar-refractivity contribution in [3.8, 4) is 0 Å². The average Bonchev–Trinajstić information content (AvgIpc) is 1.96. The highest BCUT2D eigenvalue weighted by atomic mass is 79.9. The Hall–Kier alpha value is -1.03. The van der Waals surface area contributed by atoms with Crippen molar-refractivity contribution in [1.82, 2.24) is 0 Å². The third kappa shape index (κ3) is 1.58. The predicted molar refractivity (Wildman–Crippen MR) is 55.8 cm³/mol. The molecule has 0 radical (unpaired) electrons. The number of nitrogen functional groups attached to an aromatic ring is 2. The number of benzene rings is 1. The van der Waals surface area contributed by atoms with Gasteiger partial charge in [0.05, 0.1) is 0 Å². The summed E-state index contributed by atoms with van der Waals surface area (Å²) in [5, 5.41) is 7.32. The fourth-order valence-corrected chi connectivity index (χ4v) is 1.28. The highest BCUT2D eigenvalue weighted by Gasteiger charge is 2.05. The first-order valence-electron chi connectivity index (χ1n) is 3.42. The Labute approximate surface area is 79.4 Å². The Kier molecular flexibility index (Phi) is 2.38. The van der Waals surface area contributed by atoms with E-state index in [9.17, 15) is 0 Å². The Balaban J connectivity index is 3.33. The fourth-order valence-electron chi connectivity index (χ4n) is 0.937. The lowest BCUT2D eigenvalue weighted by Gasteiger charge is -2.06. The van der Waals surface area contributed by atoms with Gasteiger partial charge in [-0.25, -0.2) is 0 Å². The summed E-state index contributed by atoms with van der Waals surface area (Å²) in [6, 6.07) is 3.46. The van der Waals surface area contributed by atoms with Gasteiger partial charge in [0.2, 0.25) is 0 Å². The molecular formula is C8H10BrN3. The summed E-state index contributed by atoms with van der Waals surface area (Å²) in [7, 11) is 0. The summed E-state index contributed by atoms with van der Waals surface area (Å²) in [5.41, 5.74) is 14.1. The molecule has 1 rings (SSSR count). The van der Waals surface area contributed by atoms with Crippen LogP contribution in [0.25, 0.3) is 0 Å². The minimum Gasteiger partial charge on any atom is -0.398 e. The number of anilines is 2. The van der Waals surface area contributed by atoms with Crippen LogP contribution in [0.3, 0.4) is 0 Å². The van der Waals surface area contributed by atoms with Crippen LogP contribution in [0.1, 0.15) is 11.1 Å². The maximum absolute atomic E-state index is 7.32. The SMILES string of the molecule is Cc1cc(N)c(C(=N)Br)cc1N. The van der Waals surface area contributed by atoms with E-state index in [2.05, 4.69) is 15.9 Å².